The van der Waals surface area contributed by atoms with Gasteiger partial charge in [0.05, 0.1) is 12.6 Å². The molecule has 0 spiro atoms. The summed E-state index contributed by atoms with van der Waals surface area (Å²) >= 11 is 0. The largest absolute Gasteiger partial charge is 0.376 e. The van der Waals surface area contributed by atoms with Gasteiger partial charge in [0.15, 0.2) is 0 Å². The van der Waals surface area contributed by atoms with E-state index in [1.165, 1.54) is 11.1 Å². The van der Waals surface area contributed by atoms with Gasteiger partial charge < -0.3 is 10.6 Å². The molecule has 0 aliphatic rings. The molecule has 0 aromatic heterocycles. The second-order valence-corrected chi connectivity index (χ2v) is 5.67. The number of nitriles is 1. The van der Waals surface area contributed by atoms with Crippen molar-refractivity contribution in [3.63, 3.8) is 0 Å². The van der Waals surface area contributed by atoms with E-state index in [0.717, 1.165) is 5.69 Å². The number of hydrogen-bond acceptors (Lipinski definition) is 3. The van der Waals surface area contributed by atoms with E-state index >= 15 is 0 Å². The number of amides is 1. The van der Waals surface area contributed by atoms with Gasteiger partial charge in [-0.05, 0) is 49.9 Å². The fourth-order valence-corrected chi connectivity index (χ4v) is 1.67. The van der Waals surface area contributed by atoms with Crippen LogP contribution in [0.5, 0.6) is 0 Å². The lowest BCUT2D eigenvalue weighted by Gasteiger charge is -2.27. The highest BCUT2D eigenvalue weighted by atomic mass is 16.2. The number of carbonyl (C=O) groups is 1. The van der Waals surface area contributed by atoms with Gasteiger partial charge in [-0.3, -0.25) is 4.79 Å². The summed E-state index contributed by atoms with van der Waals surface area (Å²) < 4.78 is 0. The van der Waals surface area contributed by atoms with Gasteiger partial charge in [-0.15, -0.1) is 0 Å². The van der Waals surface area contributed by atoms with Crippen molar-refractivity contribution in [3.8, 4) is 6.07 Å². The van der Waals surface area contributed by atoms with Crippen molar-refractivity contribution in [3.05, 3.63) is 29.3 Å². The molecule has 0 unspecified atom stereocenters. The lowest BCUT2D eigenvalue weighted by molar-refractivity contribution is -0.121. The molecule has 2 N–H and O–H groups in total. The molecule has 1 rings (SSSR count). The highest BCUT2D eigenvalue weighted by Gasteiger charge is 2.29. The molecule has 1 aromatic rings. The number of nitrogens with zero attached hydrogens (tertiary/aromatic N) is 1. The number of anilines is 1. The van der Waals surface area contributed by atoms with E-state index in [9.17, 15) is 10.1 Å². The summed E-state index contributed by atoms with van der Waals surface area (Å²) in [4.78, 5) is 11.9. The van der Waals surface area contributed by atoms with Gasteiger partial charge in [0.25, 0.3) is 0 Å². The standard InChI is InChI=1S/C16H23N3O/c1-11(2)16(5,10-17)19-15(20)9-18-14-7-6-12(3)13(4)8-14/h6-8,11,18H,9H2,1-5H3,(H,19,20)/t16-/m0/s1. The van der Waals surface area contributed by atoms with Crippen LogP contribution in [0.4, 0.5) is 5.69 Å². The van der Waals surface area contributed by atoms with Crippen molar-refractivity contribution in [1.82, 2.24) is 5.32 Å². The van der Waals surface area contributed by atoms with Crippen LogP contribution in [-0.4, -0.2) is 18.0 Å². The summed E-state index contributed by atoms with van der Waals surface area (Å²) in [5.74, 6) is -0.126. The summed E-state index contributed by atoms with van der Waals surface area (Å²) in [6.45, 7) is 9.82. The van der Waals surface area contributed by atoms with Crippen molar-refractivity contribution in [2.24, 2.45) is 5.92 Å². The van der Waals surface area contributed by atoms with E-state index in [-0.39, 0.29) is 18.4 Å². The second kappa shape index (κ2) is 6.42. The smallest absolute Gasteiger partial charge is 0.240 e. The van der Waals surface area contributed by atoms with Crippen LogP contribution in [-0.2, 0) is 4.79 Å². The Morgan fingerprint density at radius 2 is 2.00 bits per heavy atom. The molecule has 0 fully saturated rings. The van der Waals surface area contributed by atoms with Crippen LogP contribution in [0.2, 0.25) is 0 Å². The number of carbonyl (C=O) groups excluding carboxylic acids is 1. The first-order chi connectivity index (χ1) is 9.28. The van der Waals surface area contributed by atoms with Crippen molar-refractivity contribution in [2.45, 2.75) is 40.2 Å². The lowest BCUT2D eigenvalue weighted by Crippen LogP contribution is -2.50. The molecule has 4 heteroatoms. The van der Waals surface area contributed by atoms with E-state index in [4.69, 9.17) is 0 Å². The Bertz CT molecular complexity index is 531. The predicted molar refractivity (Wildman–Crippen MR) is 81.4 cm³/mol. The maximum atomic E-state index is 11.9. The first-order valence-electron chi connectivity index (χ1n) is 6.82. The number of aryl methyl sites for hydroxylation is 2. The molecule has 0 bridgehead atoms. The SMILES string of the molecule is Cc1ccc(NCC(=O)N[C@@](C)(C#N)C(C)C)cc1C. The molecule has 0 heterocycles. The summed E-state index contributed by atoms with van der Waals surface area (Å²) in [6, 6.07) is 8.14. The minimum atomic E-state index is -0.831. The molecule has 0 saturated heterocycles. The van der Waals surface area contributed by atoms with Crippen LogP contribution in [0.25, 0.3) is 0 Å². The molecular formula is C16H23N3O. The van der Waals surface area contributed by atoms with Crippen molar-refractivity contribution >= 4 is 11.6 Å². The second-order valence-electron chi connectivity index (χ2n) is 5.67. The van der Waals surface area contributed by atoms with E-state index < -0.39 is 5.54 Å². The third-order valence-electron chi connectivity index (χ3n) is 3.75. The molecule has 4 nitrogen and oxygen atoms in total. The Morgan fingerprint density at radius 3 is 2.50 bits per heavy atom. The number of benzene rings is 1. The zero-order valence-corrected chi connectivity index (χ0v) is 12.9. The molecular weight excluding hydrogens is 250 g/mol. The molecule has 0 aliphatic heterocycles. The molecule has 20 heavy (non-hydrogen) atoms. The lowest BCUT2D eigenvalue weighted by atomic mass is 9.90. The number of rotatable bonds is 5. The van der Waals surface area contributed by atoms with Crippen LogP contribution < -0.4 is 10.6 Å². The normalized spacial score (nSPS) is 13.4. The van der Waals surface area contributed by atoms with E-state index in [0.29, 0.717) is 0 Å². The third-order valence-corrected chi connectivity index (χ3v) is 3.75. The van der Waals surface area contributed by atoms with Gasteiger partial charge in [-0.2, -0.15) is 5.26 Å². The summed E-state index contributed by atoms with van der Waals surface area (Å²) in [6.07, 6.45) is 0. The minimum absolute atomic E-state index is 0.0538. The summed E-state index contributed by atoms with van der Waals surface area (Å²) in [5, 5.41) is 15.0. The van der Waals surface area contributed by atoms with Crippen LogP contribution >= 0.6 is 0 Å². The van der Waals surface area contributed by atoms with E-state index in [1.807, 2.05) is 45.9 Å². The summed E-state index contributed by atoms with van der Waals surface area (Å²) in [7, 11) is 0. The fraction of sp³-hybridized carbons (Fsp3) is 0.500. The zero-order chi connectivity index (χ0) is 15.3. The van der Waals surface area contributed by atoms with Crippen molar-refractivity contribution in [2.75, 3.05) is 11.9 Å². The van der Waals surface area contributed by atoms with Gasteiger partial charge in [-0.1, -0.05) is 19.9 Å². The average Bonchev–Trinajstić information content (AvgIpc) is 2.39. The van der Waals surface area contributed by atoms with Crippen molar-refractivity contribution in [1.29, 1.82) is 5.26 Å². The average molecular weight is 273 g/mol. The molecule has 108 valence electrons. The third kappa shape index (κ3) is 3.99. The first-order valence-corrected chi connectivity index (χ1v) is 6.82. The topological polar surface area (TPSA) is 64.9 Å². The van der Waals surface area contributed by atoms with E-state index in [1.54, 1.807) is 6.92 Å². The molecule has 1 aromatic carbocycles. The Labute approximate surface area is 121 Å². The number of hydrogen-bond donors (Lipinski definition) is 2. The molecule has 0 aliphatic carbocycles. The van der Waals surface area contributed by atoms with Gasteiger partial charge >= 0.3 is 0 Å². The van der Waals surface area contributed by atoms with Gasteiger partial charge in [-0.25, -0.2) is 0 Å². The fourth-order valence-electron chi connectivity index (χ4n) is 1.67. The zero-order valence-electron chi connectivity index (χ0n) is 12.9. The Hall–Kier alpha value is -2.02. The van der Waals surface area contributed by atoms with Crippen LogP contribution in [0.1, 0.15) is 31.9 Å². The maximum Gasteiger partial charge on any atom is 0.240 e. The van der Waals surface area contributed by atoms with Crippen LogP contribution in [0.15, 0.2) is 18.2 Å². The molecule has 0 radical (unpaired) electrons. The quantitative estimate of drug-likeness (QED) is 0.867. The van der Waals surface area contributed by atoms with Gasteiger partial charge in [0.2, 0.25) is 5.91 Å². The Morgan fingerprint density at radius 1 is 1.35 bits per heavy atom. The van der Waals surface area contributed by atoms with Crippen LogP contribution in [0.3, 0.4) is 0 Å². The van der Waals surface area contributed by atoms with Crippen molar-refractivity contribution < 1.29 is 4.79 Å². The van der Waals surface area contributed by atoms with Gasteiger partial charge in [0.1, 0.15) is 5.54 Å². The summed E-state index contributed by atoms with van der Waals surface area (Å²) in [5.41, 5.74) is 2.48. The maximum absolute atomic E-state index is 11.9. The highest BCUT2D eigenvalue weighted by molar-refractivity contribution is 5.81. The monoisotopic (exact) mass is 273 g/mol. The minimum Gasteiger partial charge on any atom is -0.376 e. The first kappa shape index (κ1) is 16.0. The Balaban J connectivity index is 2.60. The number of nitrogens with one attached hydrogen (secondary N) is 2. The highest BCUT2D eigenvalue weighted by Crippen LogP contribution is 2.16. The Kier molecular flexibility index (Phi) is 5.15. The van der Waals surface area contributed by atoms with E-state index in [2.05, 4.69) is 16.7 Å². The van der Waals surface area contributed by atoms with Crippen LogP contribution in [0, 0.1) is 31.1 Å². The molecule has 1 amide bonds. The van der Waals surface area contributed by atoms with Gasteiger partial charge in [0, 0.05) is 5.69 Å². The molecule has 1 atom stereocenters. The predicted octanol–water partition coefficient (Wildman–Crippen LogP) is 2.77. The molecule has 0 saturated carbocycles.